The molecule has 3 rings (SSSR count). The van der Waals surface area contributed by atoms with Crippen LogP contribution in [-0.4, -0.2) is 27.7 Å². The van der Waals surface area contributed by atoms with Gasteiger partial charge in [0.25, 0.3) is 0 Å². The van der Waals surface area contributed by atoms with E-state index in [-0.39, 0.29) is 5.91 Å². The first-order valence-electron chi connectivity index (χ1n) is 7.82. The highest BCUT2D eigenvalue weighted by Gasteiger charge is 2.02. The molecule has 5 nitrogen and oxygen atoms in total. The summed E-state index contributed by atoms with van der Waals surface area (Å²) in [5.41, 5.74) is 5.53. The van der Waals surface area contributed by atoms with Crippen molar-refractivity contribution < 1.29 is 4.79 Å². The zero-order valence-corrected chi connectivity index (χ0v) is 14.6. The normalized spacial score (nSPS) is 10.9. The molecule has 1 amide bonds. The van der Waals surface area contributed by atoms with Crippen LogP contribution in [0.3, 0.4) is 0 Å². The Hall–Kier alpha value is -2.86. The van der Waals surface area contributed by atoms with Crippen molar-refractivity contribution in [2.75, 3.05) is 5.75 Å². The van der Waals surface area contributed by atoms with Gasteiger partial charge in [0.15, 0.2) is 0 Å². The first-order chi connectivity index (χ1) is 12.2. The van der Waals surface area contributed by atoms with Crippen molar-refractivity contribution in [2.24, 2.45) is 5.10 Å². The van der Waals surface area contributed by atoms with Crippen LogP contribution in [0, 0.1) is 6.92 Å². The maximum atomic E-state index is 11.8. The zero-order valence-electron chi connectivity index (χ0n) is 13.8. The largest absolute Gasteiger partial charge is 0.272 e. The number of hydrogen-bond acceptors (Lipinski definition) is 4. The van der Waals surface area contributed by atoms with Crippen molar-refractivity contribution in [3.05, 3.63) is 78.1 Å². The number of nitrogens with zero attached hydrogens (tertiary/aromatic N) is 3. The summed E-state index contributed by atoms with van der Waals surface area (Å²) in [6.07, 6.45) is 5.14. The van der Waals surface area contributed by atoms with Gasteiger partial charge in [0.05, 0.1) is 23.9 Å². The average Bonchev–Trinajstić information content (AvgIpc) is 3.11. The summed E-state index contributed by atoms with van der Waals surface area (Å²) in [7, 11) is 0. The van der Waals surface area contributed by atoms with Gasteiger partial charge in [0, 0.05) is 16.7 Å². The molecule has 0 atom stereocenters. The fourth-order valence-corrected chi connectivity index (χ4v) is 2.81. The van der Waals surface area contributed by atoms with Crippen molar-refractivity contribution >= 4 is 23.9 Å². The van der Waals surface area contributed by atoms with Crippen molar-refractivity contribution in [1.82, 2.24) is 15.2 Å². The third-order valence-electron chi connectivity index (χ3n) is 3.42. The number of carbonyl (C=O) groups excluding carboxylic acids is 1. The summed E-state index contributed by atoms with van der Waals surface area (Å²) in [5.74, 6) is 0.182. The number of rotatable bonds is 6. The molecule has 2 aromatic carbocycles. The summed E-state index contributed by atoms with van der Waals surface area (Å²) >= 11 is 1.48. The zero-order chi connectivity index (χ0) is 17.5. The molecule has 3 aromatic rings. The molecule has 6 heteroatoms. The van der Waals surface area contributed by atoms with E-state index in [1.165, 1.54) is 17.3 Å². The number of hydrazone groups is 1. The predicted octanol–water partition coefficient (Wildman–Crippen LogP) is 3.42. The average molecular weight is 350 g/mol. The molecule has 0 saturated heterocycles. The number of nitrogens with one attached hydrogen (secondary N) is 1. The highest BCUT2D eigenvalue weighted by Crippen LogP contribution is 2.17. The molecule has 0 radical (unpaired) electrons. The van der Waals surface area contributed by atoms with Gasteiger partial charge in [0.2, 0.25) is 5.91 Å². The maximum Gasteiger partial charge on any atom is 0.250 e. The quantitative estimate of drug-likeness (QED) is 0.421. The molecule has 0 aliphatic carbocycles. The monoisotopic (exact) mass is 350 g/mol. The summed E-state index contributed by atoms with van der Waals surface area (Å²) in [6, 6.07) is 17.9. The first kappa shape index (κ1) is 17.0. The third kappa shape index (κ3) is 5.06. The first-order valence-corrected chi connectivity index (χ1v) is 8.81. The van der Waals surface area contributed by atoms with Crippen LogP contribution in [0.1, 0.15) is 11.1 Å². The molecule has 25 heavy (non-hydrogen) atoms. The molecule has 1 heterocycles. The van der Waals surface area contributed by atoms with Gasteiger partial charge in [0.1, 0.15) is 0 Å². The SMILES string of the molecule is Cc1ccc(SCC(=O)N/N=C\c2cnn(-c3ccccc3)c2)cc1. The molecular formula is C19H18N4OS. The summed E-state index contributed by atoms with van der Waals surface area (Å²) in [4.78, 5) is 12.9. The standard InChI is InChI=1S/C19H18N4OS/c1-15-7-9-18(10-8-15)25-14-19(24)22-20-11-16-12-21-23(13-16)17-5-3-2-4-6-17/h2-13H,14H2,1H3,(H,22,24)/b20-11-. The third-order valence-corrected chi connectivity index (χ3v) is 4.43. The molecule has 1 aromatic heterocycles. The molecule has 0 fully saturated rings. The minimum absolute atomic E-state index is 0.141. The van der Waals surface area contributed by atoms with Crippen LogP contribution in [0.2, 0.25) is 0 Å². The lowest BCUT2D eigenvalue weighted by Gasteiger charge is -2.01. The van der Waals surface area contributed by atoms with Gasteiger partial charge in [-0.3, -0.25) is 4.79 Å². The van der Waals surface area contributed by atoms with Crippen LogP contribution in [0.4, 0.5) is 0 Å². The predicted molar refractivity (Wildman–Crippen MR) is 101 cm³/mol. The van der Waals surface area contributed by atoms with Crippen molar-refractivity contribution in [3.63, 3.8) is 0 Å². The number of benzene rings is 2. The maximum absolute atomic E-state index is 11.8. The topological polar surface area (TPSA) is 59.3 Å². The fourth-order valence-electron chi connectivity index (χ4n) is 2.12. The van der Waals surface area contributed by atoms with E-state index in [2.05, 4.69) is 15.6 Å². The Labute approximate surface area is 150 Å². The van der Waals surface area contributed by atoms with Gasteiger partial charge >= 0.3 is 0 Å². The number of thioether (sulfide) groups is 1. The lowest BCUT2D eigenvalue weighted by Crippen LogP contribution is -2.19. The van der Waals surface area contributed by atoms with E-state index < -0.39 is 0 Å². The van der Waals surface area contributed by atoms with Gasteiger partial charge in [-0.15, -0.1) is 11.8 Å². The number of hydrogen-bond donors (Lipinski definition) is 1. The molecule has 0 saturated carbocycles. The van der Waals surface area contributed by atoms with Crippen LogP contribution in [0.5, 0.6) is 0 Å². The van der Waals surface area contributed by atoms with E-state index in [1.807, 2.05) is 67.7 Å². The second-order valence-corrected chi connectivity index (χ2v) is 6.50. The molecule has 0 aliphatic rings. The minimum atomic E-state index is -0.141. The van der Waals surface area contributed by atoms with Crippen molar-refractivity contribution in [1.29, 1.82) is 0 Å². The molecule has 0 bridgehead atoms. The van der Waals surface area contributed by atoms with Gasteiger partial charge in [-0.1, -0.05) is 35.9 Å². The Balaban J connectivity index is 1.48. The Bertz CT molecular complexity index is 857. The van der Waals surface area contributed by atoms with E-state index in [1.54, 1.807) is 17.1 Å². The second kappa shape index (κ2) is 8.30. The number of amides is 1. The van der Waals surface area contributed by atoms with Gasteiger partial charge in [-0.05, 0) is 31.2 Å². The Morgan fingerprint density at radius 2 is 1.96 bits per heavy atom. The van der Waals surface area contributed by atoms with Crippen LogP contribution in [-0.2, 0) is 4.79 Å². The Morgan fingerprint density at radius 1 is 1.20 bits per heavy atom. The summed E-state index contributed by atoms with van der Waals surface area (Å²) in [6.45, 7) is 2.04. The van der Waals surface area contributed by atoms with E-state index in [9.17, 15) is 4.79 Å². The fraction of sp³-hybridized carbons (Fsp3) is 0.105. The molecule has 126 valence electrons. The van der Waals surface area contributed by atoms with E-state index >= 15 is 0 Å². The molecule has 0 unspecified atom stereocenters. The Morgan fingerprint density at radius 3 is 2.72 bits per heavy atom. The molecule has 0 aliphatic heterocycles. The number of para-hydroxylation sites is 1. The number of aromatic nitrogens is 2. The smallest absolute Gasteiger partial charge is 0.250 e. The van der Waals surface area contributed by atoms with E-state index in [0.29, 0.717) is 5.75 Å². The minimum Gasteiger partial charge on any atom is -0.272 e. The number of aryl methyl sites for hydroxylation is 1. The van der Waals surface area contributed by atoms with Crippen LogP contribution >= 0.6 is 11.8 Å². The second-order valence-electron chi connectivity index (χ2n) is 5.45. The van der Waals surface area contributed by atoms with Gasteiger partial charge < -0.3 is 0 Å². The summed E-state index contributed by atoms with van der Waals surface area (Å²) < 4.78 is 1.76. The molecular weight excluding hydrogens is 332 g/mol. The van der Waals surface area contributed by atoms with Gasteiger partial charge in [-0.2, -0.15) is 10.2 Å². The van der Waals surface area contributed by atoms with Gasteiger partial charge in [-0.25, -0.2) is 10.1 Å². The Kier molecular flexibility index (Phi) is 5.64. The van der Waals surface area contributed by atoms with Crippen LogP contribution in [0.15, 0.2) is 77.0 Å². The van der Waals surface area contributed by atoms with E-state index in [0.717, 1.165) is 16.1 Å². The highest BCUT2D eigenvalue weighted by atomic mass is 32.2. The van der Waals surface area contributed by atoms with Crippen LogP contribution < -0.4 is 5.43 Å². The lowest BCUT2D eigenvalue weighted by molar-refractivity contribution is -0.118. The molecule has 1 N–H and O–H groups in total. The summed E-state index contributed by atoms with van der Waals surface area (Å²) in [5, 5.41) is 8.26. The number of carbonyl (C=O) groups is 1. The van der Waals surface area contributed by atoms with Crippen molar-refractivity contribution in [2.45, 2.75) is 11.8 Å². The van der Waals surface area contributed by atoms with Crippen molar-refractivity contribution in [3.8, 4) is 5.69 Å². The lowest BCUT2D eigenvalue weighted by atomic mass is 10.2. The van der Waals surface area contributed by atoms with E-state index in [4.69, 9.17) is 0 Å². The highest BCUT2D eigenvalue weighted by molar-refractivity contribution is 8.00. The van der Waals surface area contributed by atoms with Crippen LogP contribution in [0.25, 0.3) is 5.69 Å². The molecule has 0 spiro atoms.